The zero-order valence-corrected chi connectivity index (χ0v) is 17.5. The van der Waals surface area contributed by atoms with Crippen LogP contribution in [0.4, 0.5) is 0 Å². The van der Waals surface area contributed by atoms with E-state index in [1.54, 1.807) is 30.6 Å². The minimum atomic E-state index is -0.764. The molecule has 0 spiro atoms. The fourth-order valence-corrected chi connectivity index (χ4v) is 3.83. The van der Waals surface area contributed by atoms with Crippen LogP contribution in [0.15, 0.2) is 54.9 Å². The van der Waals surface area contributed by atoms with Gasteiger partial charge in [-0.15, -0.1) is 0 Å². The fourth-order valence-electron chi connectivity index (χ4n) is 3.70. The summed E-state index contributed by atoms with van der Waals surface area (Å²) in [5, 5.41) is 9.65. The van der Waals surface area contributed by atoms with Crippen LogP contribution in [-0.2, 0) is 29.0 Å². The molecule has 7 nitrogen and oxygen atoms in total. The number of rotatable bonds is 4. The number of imidazole rings is 1. The number of fused-ring (bicyclic) bond motifs is 1. The van der Waals surface area contributed by atoms with Crippen molar-refractivity contribution in [3.8, 4) is 6.07 Å². The average molecular weight is 435 g/mol. The van der Waals surface area contributed by atoms with Gasteiger partial charge in [-0.2, -0.15) is 5.26 Å². The van der Waals surface area contributed by atoms with Gasteiger partial charge in [-0.1, -0.05) is 23.7 Å². The summed E-state index contributed by atoms with van der Waals surface area (Å²) >= 11 is 5.97. The molecule has 0 N–H and O–H groups in total. The van der Waals surface area contributed by atoms with Gasteiger partial charge >= 0.3 is 5.97 Å². The highest BCUT2D eigenvalue weighted by Gasteiger charge is 2.38. The number of aromatic nitrogens is 2. The highest BCUT2D eigenvalue weighted by molar-refractivity contribution is 6.30. The molecule has 0 radical (unpaired) electrons. The number of methoxy groups -OCH3 is 1. The number of ether oxygens (including phenoxy) is 1. The molecule has 0 bridgehead atoms. The third kappa shape index (κ3) is 4.16. The molecule has 1 atom stereocenters. The maximum absolute atomic E-state index is 13.3. The quantitative estimate of drug-likeness (QED) is 0.588. The van der Waals surface area contributed by atoms with Gasteiger partial charge < -0.3 is 14.2 Å². The van der Waals surface area contributed by atoms with Gasteiger partial charge in [-0.3, -0.25) is 4.79 Å². The molecule has 156 valence electrons. The maximum atomic E-state index is 13.3. The second kappa shape index (κ2) is 8.62. The number of nitriles is 1. The van der Waals surface area contributed by atoms with Crippen molar-refractivity contribution < 1.29 is 14.3 Å². The number of carbonyl (C=O) groups is 2. The number of benzene rings is 2. The van der Waals surface area contributed by atoms with E-state index in [1.165, 1.54) is 12.0 Å². The molecule has 1 aliphatic rings. The van der Waals surface area contributed by atoms with Crippen molar-refractivity contribution in [1.82, 2.24) is 14.5 Å². The Morgan fingerprint density at radius 2 is 1.90 bits per heavy atom. The van der Waals surface area contributed by atoms with Crippen molar-refractivity contribution >= 4 is 23.5 Å². The van der Waals surface area contributed by atoms with Gasteiger partial charge in [0.1, 0.15) is 6.04 Å². The molecule has 1 amide bonds. The fraction of sp³-hybridized carbons (Fsp3) is 0.217. The van der Waals surface area contributed by atoms with Crippen LogP contribution in [0.25, 0.3) is 0 Å². The van der Waals surface area contributed by atoms with E-state index in [0.29, 0.717) is 22.7 Å². The summed E-state index contributed by atoms with van der Waals surface area (Å²) in [4.78, 5) is 31.7. The highest BCUT2D eigenvalue weighted by Crippen LogP contribution is 2.26. The molecule has 0 unspecified atom stereocenters. The smallest absolute Gasteiger partial charge is 0.329 e. The zero-order valence-electron chi connectivity index (χ0n) is 16.8. The first-order chi connectivity index (χ1) is 15.0. The third-order valence-corrected chi connectivity index (χ3v) is 5.63. The number of carbonyl (C=O) groups excluding carboxylic acids is 2. The summed E-state index contributed by atoms with van der Waals surface area (Å²) < 4.78 is 6.93. The van der Waals surface area contributed by atoms with Crippen molar-refractivity contribution in [2.45, 2.75) is 25.6 Å². The molecule has 3 aromatic rings. The van der Waals surface area contributed by atoms with Gasteiger partial charge in [0.25, 0.3) is 5.91 Å². The largest absolute Gasteiger partial charge is 0.467 e. The minimum Gasteiger partial charge on any atom is -0.467 e. The first-order valence-electron chi connectivity index (χ1n) is 9.66. The van der Waals surface area contributed by atoms with E-state index in [0.717, 1.165) is 17.0 Å². The molecule has 4 rings (SSSR count). The Morgan fingerprint density at radius 1 is 1.19 bits per heavy atom. The molecular weight excluding hydrogens is 416 g/mol. The molecule has 0 saturated carbocycles. The molecule has 2 heterocycles. The van der Waals surface area contributed by atoms with Gasteiger partial charge in [-0.05, 0) is 42.0 Å². The predicted molar refractivity (Wildman–Crippen MR) is 113 cm³/mol. The van der Waals surface area contributed by atoms with Crippen LogP contribution in [0.3, 0.4) is 0 Å². The van der Waals surface area contributed by atoms with Crippen LogP contribution < -0.4 is 0 Å². The van der Waals surface area contributed by atoms with Crippen LogP contribution >= 0.6 is 11.6 Å². The van der Waals surface area contributed by atoms with E-state index in [1.807, 2.05) is 34.9 Å². The number of amides is 1. The van der Waals surface area contributed by atoms with Crippen molar-refractivity contribution in [1.29, 1.82) is 5.26 Å². The first-order valence-corrected chi connectivity index (χ1v) is 10.0. The summed E-state index contributed by atoms with van der Waals surface area (Å²) in [5.74, 6) is -0.787. The second-order valence-corrected chi connectivity index (χ2v) is 7.69. The Morgan fingerprint density at radius 3 is 2.55 bits per heavy atom. The Balaban J connectivity index is 1.65. The first kappa shape index (κ1) is 20.6. The summed E-state index contributed by atoms with van der Waals surface area (Å²) in [7, 11) is 1.31. The van der Waals surface area contributed by atoms with Gasteiger partial charge in [0.15, 0.2) is 0 Å². The Bertz CT molecular complexity index is 1160. The van der Waals surface area contributed by atoms with Crippen molar-refractivity contribution in [3.05, 3.63) is 88.0 Å². The van der Waals surface area contributed by atoms with Crippen LogP contribution in [0, 0.1) is 11.3 Å². The highest BCUT2D eigenvalue weighted by atomic mass is 35.5. The minimum absolute atomic E-state index is 0.224. The number of halogens is 1. The lowest BCUT2D eigenvalue weighted by molar-refractivity contribution is -0.146. The topological polar surface area (TPSA) is 88.2 Å². The van der Waals surface area contributed by atoms with E-state index in [9.17, 15) is 9.59 Å². The lowest BCUT2D eigenvalue weighted by atomic mass is 10.0. The molecule has 1 aromatic heterocycles. The van der Waals surface area contributed by atoms with Crippen LogP contribution in [0.2, 0.25) is 5.02 Å². The molecule has 1 aliphatic heterocycles. The molecule has 0 saturated heterocycles. The monoisotopic (exact) mass is 434 g/mol. The van der Waals surface area contributed by atoms with Gasteiger partial charge in [-0.25, -0.2) is 9.78 Å². The molecule has 2 aromatic carbocycles. The van der Waals surface area contributed by atoms with Gasteiger partial charge in [0.05, 0.1) is 43.0 Å². The molecule has 31 heavy (non-hydrogen) atoms. The van der Waals surface area contributed by atoms with E-state index in [2.05, 4.69) is 4.98 Å². The lowest BCUT2D eigenvalue weighted by Gasteiger charge is -2.34. The van der Waals surface area contributed by atoms with E-state index in [-0.39, 0.29) is 18.9 Å². The number of esters is 1. The Labute approximate surface area is 184 Å². The van der Waals surface area contributed by atoms with E-state index in [4.69, 9.17) is 21.6 Å². The summed E-state index contributed by atoms with van der Waals surface area (Å²) in [6.07, 6.45) is 2.00. The average Bonchev–Trinajstić information content (AvgIpc) is 3.20. The maximum Gasteiger partial charge on any atom is 0.329 e. The second-order valence-electron chi connectivity index (χ2n) is 7.26. The standard InChI is InChI=1S/C23H19ClN4O3/c1-31-23(30)20-10-19-21(27(14-26-19)12-16-4-8-18(24)9-5-16)13-28(20)22(29)17-6-2-15(11-25)3-7-17/h2-9,14,20H,10,12-13H2,1H3/t20-/m1/s1. The van der Waals surface area contributed by atoms with Crippen LogP contribution in [0.1, 0.15) is 32.9 Å². The normalized spacial score (nSPS) is 15.1. The van der Waals surface area contributed by atoms with Crippen molar-refractivity contribution in [3.63, 3.8) is 0 Å². The summed E-state index contributed by atoms with van der Waals surface area (Å²) in [5.41, 5.74) is 3.55. The summed E-state index contributed by atoms with van der Waals surface area (Å²) in [6.45, 7) is 0.794. The number of nitrogens with zero attached hydrogens (tertiary/aromatic N) is 4. The van der Waals surface area contributed by atoms with Crippen molar-refractivity contribution in [2.75, 3.05) is 7.11 Å². The van der Waals surface area contributed by atoms with E-state index < -0.39 is 12.0 Å². The molecular formula is C23H19ClN4O3. The third-order valence-electron chi connectivity index (χ3n) is 5.38. The number of hydrogen-bond donors (Lipinski definition) is 0. The van der Waals surface area contributed by atoms with E-state index >= 15 is 0 Å². The Hall–Kier alpha value is -3.63. The predicted octanol–water partition coefficient (Wildman–Crippen LogP) is 3.20. The van der Waals surface area contributed by atoms with Gasteiger partial charge in [0, 0.05) is 23.6 Å². The molecule has 8 heteroatoms. The molecule has 0 aliphatic carbocycles. The van der Waals surface area contributed by atoms with Crippen LogP contribution in [0.5, 0.6) is 0 Å². The Kier molecular flexibility index (Phi) is 5.74. The molecule has 0 fully saturated rings. The summed E-state index contributed by atoms with van der Waals surface area (Å²) in [6, 6.07) is 15.2. The van der Waals surface area contributed by atoms with Crippen molar-refractivity contribution in [2.24, 2.45) is 0 Å². The lowest BCUT2D eigenvalue weighted by Crippen LogP contribution is -2.49. The SMILES string of the molecule is COC(=O)[C@H]1Cc2ncn(Cc3ccc(Cl)cc3)c2CN1C(=O)c1ccc(C#N)cc1. The van der Waals surface area contributed by atoms with Gasteiger partial charge in [0.2, 0.25) is 0 Å². The zero-order chi connectivity index (χ0) is 22.0. The number of hydrogen-bond acceptors (Lipinski definition) is 5. The van der Waals surface area contributed by atoms with Crippen LogP contribution in [-0.4, -0.2) is 39.5 Å².